The van der Waals surface area contributed by atoms with Crippen LogP contribution < -0.4 is 14.8 Å². The van der Waals surface area contributed by atoms with Crippen molar-refractivity contribution in [1.29, 1.82) is 0 Å². The maximum atomic E-state index is 12.6. The van der Waals surface area contributed by atoms with Gasteiger partial charge < -0.3 is 10.1 Å². The van der Waals surface area contributed by atoms with Gasteiger partial charge in [-0.2, -0.15) is 0 Å². The van der Waals surface area contributed by atoms with E-state index in [1.165, 1.54) is 6.33 Å². The number of anilines is 3. The van der Waals surface area contributed by atoms with Gasteiger partial charge in [0.25, 0.3) is 10.0 Å². The Hall–Kier alpha value is -3.91. The van der Waals surface area contributed by atoms with Crippen LogP contribution in [0.15, 0.2) is 90.1 Å². The number of hydrogen-bond donors (Lipinski definition) is 2. The molecule has 0 aliphatic rings. The Morgan fingerprint density at radius 2 is 1.56 bits per heavy atom. The van der Waals surface area contributed by atoms with Gasteiger partial charge in [0.05, 0.1) is 17.7 Å². The lowest BCUT2D eigenvalue weighted by molar-refractivity contribution is 0.415. The smallest absolute Gasteiger partial charge is 0.261 e. The summed E-state index contributed by atoms with van der Waals surface area (Å²) >= 11 is 0. The predicted octanol–water partition coefficient (Wildman–Crippen LogP) is 5.01. The minimum atomic E-state index is -3.65. The van der Waals surface area contributed by atoms with Crippen LogP contribution >= 0.6 is 0 Å². The van der Waals surface area contributed by atoms with Gasteiger partial charge in [0.2, 0.25) is 0 Å². The SMILES string of the molecule is COc1cccc(-c2cc(Nc3ccc(NS(=O)(=O)c4ccc(C)cc4)cc3)ncn2)c1. The Bertz CT molecular complexity index is 1320. The van der Waals surface area contributed by atoms with Gasteiger partial charge in [-0.1, -0.05) is 29.8 Å². The largest absolute Gasteiger partial charge is 0.497 e. The third kappa shape index (κ3) is 5.04. The average molecular weight is 447 g/mol. The number of aryl methyl sites for hydroxylation is 1. The first-order valence-corrected chi connectivity index (χ1v) is 11.3. The van der Waals surface area contributed by atoms with Gasteiger partial charge in [0.1, 0.15) is 17.9 Å². The maximum Gasteiger partial charge on any atom is 0.261 e. The molecule has 8 heteroatoms. The summed E-state index contributed by atoms with van der Waals surface area (Å²) in [6.45, 7) is 1.91. The first-order chi connectivity index (χ1) is 15.4. The van der Waals surface area contributed by atoms with Crippen LogP contribution in [0.4, 0.5) is 17.2 Å². The van der Waals surface area contributed by atoms with E-state index in [4.69, 9.17) is 4.74 Å². The van der Waals surface area contributed by atoms with E-state index in [9.17, 15) is 8.42 Å². The van der Waals surface area contributed by atoms with Crippen LogP contribution in [0.5, 0.6) is 5.75 Å². The molecule has 32 heavy (non-hydrogen) atoms. The van der Waals surface area contributed by atoms with Crippen molar-refractivity contribution in [2.75, 3.05) is 17.1 Å². The molecular formula is C24H22N4O3S. The zero-order chi connectivity index (χ0) is 22.6. The number of benzene rings is 3. The Morgan fingerprint density at radius 1 is 0.844 bits per heavy atom. The van der Waals surface area contributed by atoms with Crippen LogP contribution in [0.1, 0.15) is 5.56 Å². The molecule has 162 valence electrons. The lowest BCUT2D eigenvalue weighted by Crippen LogP contribution is -2.12. The van der Waals surface area contributed by atoms with Crippen molar-refractivity contribution >= 4 is 27.2 Å². The standard InChI is InChI=1S/C24H22N4O3S/c1-17-6-12-22(13-7-17)32(29,30)28-20-10-8-19(9-11-20)27-24-15-23(25-16-26-24)18-4-3-5-21(14-18)31-2/h3-16,28H,1-2H3,(H,25,26,27). The summed E-state index contributed by atoms with van der Waals surface area (Å²) in [5, 5.41) is 3.21. The number of ether oxygens (including phenoxy) is 1. The predicted molar refractivity (Wildman–Crippen MR) is 126 cm³/mol. The number of hydrogen-bond acceptors (Lipinski definition) is 6. The van der Waals surface area contributed by atoms with Gasteiger partial charge in [0.15, 0.2) is 0 Å². The monoisotopic (exact) mass is 446 g/mol. The molecule has 0 fully saturated rings. The van der Waals surface area contributed by atoms with E-state index in [0.717, 1.165) is 28.3 Å². The van der Waals surface area contributed by atoms with Crippen LogP contribution in [-0.2, 0) is 10.0 Å². The first-order valence-electron chi connectivity index (χ1n) is 9.86. The fourth-order valence-corrected chi connectivity index (χ4v) is 4.13. The topological polar surface area (TPSA) is 93.2 Å². The molecule has 1 heterocycles. The molecule has 0 bridgehead atoms. The highest BCUT2D eigenvalue weighted by molar-refractivity contribution is 7.92. The van der Waals surface area contributed by atoms with E-state index in [2.05, 4.69) is 20.0 Å². The van der Waals surface area contributed by atoms with Gasteiger partial charge in [-0.05, 0) is 55.5 Å². The van der Waals surface area contributed by atoms with Crippen molar-refractivity contribution in [2.24, 2.45) is 0 Å². The summed E-state index contributed by atoms with van der Waals surface area (Å²) in [6.07, 6.45) is 1.49. The van der Waals surface area contributed by atoms with Gasteiger partial charge in [-0.3, -0.25) is 4.72 Å². The van der Waals surface area contributed by atoms with Gasteiger partial charge >= 0.3 is 0 Å². The Labute approximate surface area is 187 Å². The number of nitrogens with zero attached hydrogens (tertiary/aromatic N) is 2. The Kier molecular flexibility index (Phi) is 6.04. The Morgan fingerprint density at radius 3 is 2.28 bits per heavy atom. The van der Waals surface area contributed by atoms with Crippen molar-refractivity contribution < 1.29 is 13.2 Å². The lowest BCUT2D eigenvalue weighted by Gasteiger charge is -2.11. The van der Waals surface area contributed by atoms with E-state index in [1.54, 1.807) is 55.6 Å². The van der Waals surface area contributed by atoms with Crippen LogP contribution in [-0.4, -0.2) is 25.5 Å². The molecule has 0 aliphatic heterocycles. The van der Waals surface area contributed by atoms with Crippen molar-refractivity contribution in [3.63, 3.8) is 0 Å². The zero-order valence-corrected chi connectivity index (χ0v) is 18.4. The number of nitrogens with one attached hydrogen (secondary N) is 2. The highest BCUT2D eigenvalue weighted by atomic mass is 32.2. The number of aromatic nitrogens is 2. The summed E-state index contributed by atoms with van der Waals surface area (Å²) < 4.78 is 33.0. The molecular weight excluding hydrogens is 424 g/mol. The second-order valence-electron chi connectivity index (χ2n) is 7.14. The second kappa shape index (κ2) is 9.07. The van der Waals surface area contributed by atoms with E-state index in [0.29, 0.717) is 11.5 Å². The van der Waals surface area contributed by atoms with E-state index >= 15 is 0 Å². The van der Waals surface area contributed by atoms with Crippen LogP contribution in [0.3, 0.4) is 0 Å². The molecule has 0 saturated heterocycles. The normalized spacial score (nSPS) is 11.1. The van der Waals surface area contributed by atoms with E-state index in [1.807, 2.05) is 37.3 Å². The molecule has 0 spiro atoms. The molecule has 0 saturated carbocycles. The summed E-state index contributed by atoms with van der Waals surface area (Å²) in [6, 6.07) is 23.1. The van der Waals surface area contributed by atoms with Crippen molar-refractivity contribution in [1.82, 2.24) is 9.97 Å². The second-order valence-corrected chi connectivity index (χ2v) is 8.82. The molecule has 0 aliphatic carbocycles. The van der Waals surface area contributed by atoms with Gasteiger partial charge in [-0.15, -0.1) is 0 Å². The lowest BCUT2D eigenvalue weighted by atomic mass is 10.1. The fourth-order valence-electron chi connectivity index (χ4n) is 3.07. The minimum absolute atomic E-state index is 0.219. The van der Waals surface area contributed by atoms with Crippen molar-refractivity contribution in [2.45, 2.75) is 11.8 Å². The van der Waals surface area contributed by atoms with Crippen LogP contribution in [0, 0.1) is 6.92 Å². The van der Waals surface area contributed by atoms with Gasteiger partial charge in [-0.25, -0.2) is 18.4 Å². The molecule has 3 aromatic carbocycles. The molecule has 7 nitrogen and oxygen atoms in total. The third-order valence-electron chi connectivity index (χ3n) is 4.77. The quantitative estimate of drug-likeness (QED) is 0.415. The molecule has 4 aromatic rings. The molecule has 0 unspecified atom stereocenters. The number of methoxy groups -OCH3 is 1. The van der Waals surface area contributed by atoms with E-state index < -0.39 is 10.0 Å². The molecule has 4 rings (SSSR count). The minimum Gasteiger partial charge on any atom is -0.497 e. The summed E-state index contributed by atoms with van der Waals surface area (Å²) in [5.74, 6) is 1.37. The zero-order valence-electron chi connectivity index (χ0n) is 17.6. The maximum absolute atomic E-state index is 12.6. The van der Waals surface area contributed by atoms with Gasteiger partial charge in [0, 0.05) is 23.0 Å². The molecule has 1 aromatic heterocycles. The van der Waals surface area contributed by atoms with Crippen LogP contribution in [0.25, 0.3) is 11.3 Å². The summed E-state index contributed by atoms with van der Waals surface area (Å²) in [4.78, 5) is 8.82. The molecule has 2 N–H and O–H groups in total. The molecule has 0 radical (unpaired) electrons. The van der Waals surface area contributed by atoms with Crippen molar-refractivity contribution in [3.8, 4) is 17.0 Å². The van der Waals surface area contributed by atoms with E-state index in [-0.39, 0.29) is 4.90 Å². The molecule has 0 atom stereocenters. The summed E-state index contributed by atoms with van der Waals surface area (Å²) in [5.41, 5.74) is 3.90. The fraction of sp³-hybridized carbons (Fsp3) is 0.0833. The average Bonchev–Trinajstić information content (AvgIpc) is 2.81. The summed E-state index contributed by atoms with van der Waals surface area (Å²) in [7, 11) is -2.02. The number of sulfonamides is 1. The highest BCUT2D eigenvalue weighted by Gasteiger charge is 2.13. The highest BCUT2D eigenvalue weighted by Crippen LogP contribution is 2.25. The van der Waals surface area contributed by atoms with Crippen LogP contribution in [0.2, 0.25) is 0 Å². The third-order valence-corrected chi connectivity index (χ3v) is 6.17. The Balaban J connectivity index is 1.47. The molecule has 0 amide bonds. The first kappa shape index (κ1) is 21.3. The number of rotatable bonds is 7. The van der Waals surface area contributed by atoms with Crippen molar-refractivity contribution in [3.05, 3.63) is 90.8 Å².